The minimum Gasteiger partial charge on any atom is -0.505 e. The number of azo groups is 2. The number of aromatic hydroxyl groups is 1. The zero-order valence-electron chi connectivity index (χ0n) is 23.5. The number of phenols is 1. The smallest absolute Gasteiger partial charge is 0.296 e. The molecule has 0 aliphatic heterocycles. The second-order valence-electron chi connectivity index (χ2n) is 9.74. The van der Waals surface area contributed by atoms with E-state index in [2.05, 4.69) is 25.8 Å². The summed E-state index contributed by atoms with van der Waals surface area (Å²) in [6, 6.07) is 22.3. The highest BCUT2D eigenvalue weighted by Gasteiger charge is 2.23. The zero-order chi connectivity index (χ0) is 33.2. The fraction of sp³-hybridized carbons (Fsp3) is 0.0333. The Hall–Kier alpha value is -5.06. The lowest BCUT2D eigenvalue weighted by Gasteiger charge is -2.11. The standard InChI is InChI=1S/C30H22ClN5O8S2/c1-17-7-14-24(45(39,40)41)26(31)27(17)35-33-20-8-10-21(11-9-20)34-36-28-25(46(42,43)44)16-19-15-22(12-13-23(19)29(28)37)32-30(38)18-5-3-2-4-6-18/h2-16,37H,1H3,(H,32,38)(H,39,40,41)(H,42,43,44). The molecule has 0 aliphatic carbocycles. The highest BCUT2D eigenvalue weighted by atomic mass is 35.5. The van der Waals surface area contributed by atoms with Crippen LogP contribution in [-0.4, -0.2) is 37.0 Å². The SMILES string of the molecule is Cc1ccc(S(=O)(=O)O)c(Cl)c1N=Nc1ccc(N=Nc2c(S(=O)(=O)O)cc3cc(NC(=O)c4ccccc4)ccc3c2O)cc1. The van der Waals surface area contributed by atoms with Gasteiger partial charge in [-0.3, -0.25) is 13.9 Å². The molecule has 234 valence electrons. The van der Waals surface area contributed by atoms with Crippen molar-refractivity contribution in [1.82, 2.24) is 0 Å². The number of benzene rings is 5. The molecule has 0 fully saturated rings. The number of phenolic OH excluding ortho intramolecular Hbond substituents is 1. The minimum absolute atomic E-state index is 0.0378. The first-order valence-corrected chi connectivity index (χ1v) is 16.3. The molecule has 0 bridgehead atoms. The predicted molar refractivity (Wildman–Crippen MR) is 171 cm³/mol. The van der Waals surface area contributed by atoms with E-state index in [-0.39, 0.29) is 27.2 Å². The monoisotopic (exact) mass is 679 g/mol. The number of fused-ring (bicyclic) bond motifs is 1. The molecule has 0 aliphatic rings. The Morgan fingerprint density at radius 1 is 0.717 bits per heavy atom. The van der Waals surface area contributed by atoms with Crippen molar-refractivity contribution in [2.75, 3.05) is 5.32 Å². The number of nitrogens with one attached hydrogen (secondary N) is 1. The maximum atomic E-state index is 12.5. The number of carbonyl (C=O) groups is 1. The number of hydrogen-bond donors (Lipinski definition) is 4. The number of hydrogen-bond acceptors (Lipinski definition) is 10. The zero-order valence-corrected chi connectivity index (χ0v) is 25.9. The summed E-state index contributed by atoms with van der Waals surface area (Å²) in [4.78, 5) is 11.3. The van der Waals surface area contributed by atoms with E-state index in [1.165, 1.54) is 48.5 Å². The first kappa shape index (κ1) is 32.3. The molecule has 16 heteroatoms. The Kier molecular flexibility index (Phi) is 8.96. The van der Waals surface area contributed by atoms with E-state index in [0.29, 0.717) is 22.5 Å². The molecule has 4 N–H and O–H groups in total. The molecule has 0 heterocycles. The number of anilines is 1. The average molecular weight is 680 g/mol. The lowest BCUT2D eigenvalue weighted by Crippen LogP contribution is -2.11. The van der Waals surface area contributed by atoms with Crippen LogP contribution in [-0.2, 0) is 20.2 Å². The van der Waals surface area contributed by atoms with Gasteiger partial charge < -0.3 is 10.4 Å². The van der Waals surface area contributed by atoms with Crippen LogP contribution in [0.2, 0.25) is 5.02 Å². The van der Waals surface area contributed by atoms with E-state index < -0.39 is 47.4 Å². The number of nitrogens with zero attached hydrogens (tertiary/aromatic N) is 4. The normalized spacial score (nSPS) is 12.3. The predicted octanol–water partition coefficient (Wildman–Crippen LogP) is 8.08. The summed E-state index contributed by atoms with van der Waals surface area (Å²) in [6.07, 6.45) is 0. The summed E-state index contributed by atoms with van der Waals surface area (Å²) in [5.41, 5.74) is 1.26. The third-order valence-corrected chi connectivity index (χ3v) is 8.82. The van der Waals surface area contributed by atoms with Gasteiger partial charge in [0.25, 0.3) is 26.1 Å². The molecule has 1 amide bonds. The largest absolute Gasteiger partial charge is 0.505 e. The summed E-state index contributed by atoms with van der Waals surface area (Å²) < 4.78 is 66.9. The van der Waals surface area contributed by atoms with Crippen LogP contribution in [0.25, 0.3) is 10.8 Å². The molecule has 5 aromatic rings. The number of rotatable bonds is 8. The minimum atomic E-state index is -4.88. The molecule has 0 aromatic heterocycles. The van der Waals surface area contributed by atoms with E-state index in [9.17, 15) is 35.8 Å². The van der Waals surface area contributed by atoms with Crippen LogP contribution in [0.4, 0.5) is 28.4 Å². The van der Waals surface area contributed by atoms with Gasteiger partial charge in [-0.05, 0) is 84.6 Å². The van der Waals surface area contributed by atoms with Crippen LogP contribution in [0.1, 0.15) is 15.9 Å². The van der Waals surface area contributed by atoms with Crippen molar-refractivity contribution in [3.05, 3.63) is 107 Å². The van der Waals surface area contributed by atoms with E-state index in [1.54, 1.807) is 37.3 Å². The first-order valence-electron chi connectivity index (χ1n) is 13.1. The topological polar surface area (TPSA) is 208 Å². The van der Waals surface area contributed by atoms with Crippen LogP contribution in [0.3, 0.4) is 0 Å². The number of halogens is 1. The van der Waals surface area contributed by atoms with Crippen molar-refractivity contribution in [3.8, 4) is 5.75 Å². The van der Waals surface area contributed by atoms with Gasteiger partial charge in [-0.15, -0.1) is 10.2 Å². The van der Waals surface area contributed by atoms with Crippen molar-refractivity contribution in [3.63, 3.8) is 0 Å². The Labute approximate surface area is 267 Å². The molecule has 0 unspecified atom stereocenters. The fourth-order valence-electron chi connectivity index (χ4n) is 4.28. The van der Waals surface area contributed by atoms with Crippen molar-refractivity contribution >= 4 is 77.0 Å². The third kappa shape index (κ3) is 7.09. The van der Waals surface area contributed by atoms with Gasteiger partial charge in [0.1, 0.15) is 21.2 Å². The molecule has 0 spiro atoms. The van der Waals surface area contributed by atoms with E-state index in [4.69, 9.17) is 11.6 Å². The lowest BCUT2D eigenvalue weighted by molar-refractivity contribution is 0.102. The Morgan fingerprint density at radius 2 is 1.30 bits per heavy atom. The van der Waals surface area contributed by atoms with E-state index >= 15 is 0 Å². The summed E-state index contributed by atoms with van der Waals surface area (Å²) in [6.45, 7) is 1.63. The van der Waals surface area contributed by atoms with Crippen LogP contribution >= 0.6 is 11.6 Å². The van der Waals surface area contributed by atoms with Crippen LogP contribution in [0.15, 0.2) is 121 Å². The van der Waals surface area contributed by atoms with Crippen molar-refractivity contribution in [2.45, 2.75) is 16.7 Å². The Bertz CT molecular complexity index is 2280. The third-order valence-electron chi connectivity index (χ3n) is 6.56. The maximum Gasteiger partial charge on any atom is 0.296 e. The van der Waals surface area contributed by atoms with E-state index in [1.807, 2.05) is 0 Å². The molecular weight excluding hydrogens is 658 g/mol. The summed E-state index contributed by atoms with van der Waals surface area (Å²) >= 11 is 6.12. The van der Waals surface area contributed by atoms with Crippen molar-refractivity contribution in [1.29, 1.82) is 0 Å². The molecule has 13 nitrogen and oxygen atoms in total. The molecular formula is C30H22ClN5O8S2. The average Bonchev–Trinajstić information content (AvgIpc) is 3.00. The molecule has 5 aromatic carbocycles. The van der Waals surface area contributed by atoms with Gasteiger partial charge in [0, 0.05) is 16.6 Å². The lowest BCUT2D eigenvalue weighted by atomic mass is 10.1. The Morgan fingerprint density at radius 3 is 1.89 bits per heavy atom. The molecule has 0 radical (unpaired) electrons. The molecule has 5 rings (SSSR count). The number of aryl methyl sites for hydroxylation is 1. The van der Waals surface area contributed by atoms with Gasteiger partial charge in [0.2, 0.25) is 0 Å². The summed E-state index contributed by atoms with van der Waals surface area (Å²) in [5.74, 6) is -0.970. The second-order valence-corrected chi connectivity index (χ2v) is 12.9. The van der Waals surface area contributed by atoms with E-state index in [0.717, 1.165) is 12.1 Å². The quantitative estimate of drug-likeness (QED) is 0.0928. The number of carbonyl (C=O) groups excluding carboxylic acids is 1. The first-order chi connectivity index (χ1) is 21.7. The van der Waals surface area contributed by atoms with Crippen LogP contribution in [0, 0.1) is 6.92 Å². The summed E-state index contributed by atoms with van der Waals surface area (Å²) in [7, 11) is -9.46. The van der Waals surface area contributed by atoms with Gasteiger partial charge in [-0.1, -0.05) is 35.9 Å². The molecule has 46 heavy (non-hydrogen) atoms. The molecule has 0 saturated heterocycles. The van der Waals surface area contributed by atoms with Crippen LogP contribution < -0.4 is 5.32 Å². The Balaban J connectivity index is 1.42. The summed E-state index contributed by atoms with van der Waals surface area (Å²) in [5, 5.41) is 29.6. The van der Waals surface area contributed by atoms with Gasteiger partial charge in [-0.2, -0.15) is 27.1 Å². The van der Waals surface area contributed by atoms with Crippen LogP contribution in [0.5, 0.6) is 5.75 Å². The van der Waals surface area contributed by atoms with Crippen molar-refractivity contribution in [2.24, 2.45) is 20.5 Å². The highest BCUT2D eigenvalue weighted by molar-refractivity contribution is 7.86. The van der Waals surface area contributed by atoms with Crippen molar-refractivity contribution < 1.29 is 35.8 Å². The van der Waals surface area contributed by atoms with Gasteiger partial charge in [-0.25, -0.2) is 0 Å². The van der Waals surface area contributed by atoms with Gasteiger partial charge in [0.15, 0.2) is 5.75 Å². The molecule has 0 saturated carbocycles. The van der Waals surface area contributed by atoms with Gasteiger partial charge in [0.05, 0.1) is 16.4 Å². The van der Waals surface area contributed by atoms with Gasteiger partial charge >= 0.3 is 0 Å². The maximum absolute atomic E-state index is 12.5. The number of amides is 1. The molecule has 0 atom stereocenters. The highest BCUT2D eigenvalue weighted by Crippen LogP contribution is 2.42. The fourth-order valence-corrected chi connectivity index (χ4v) is 6.04. The second kappa shape index (κ2) is 12.7.